The maximum absolute atomic E-state index is 9.37. The number of hydrogen-bond acceptors (Lipinski definition) is 4. The van der Waals surface area contributed by atoms with Crippen molar-refractivity contribution in [2.24, 2.45) is 0 Å². The van der Waals surface area contributed by atoms with E-state index >= 15 is 0 Å². The number of hydrogen-bond donors (Lipinski definition) is 1. The van der Waals surface area contributed by atoms with Crippen molar-refractivity contribution < 1.29 is 9.84 Å². The first-order valence-corrected chi connectivity index (χ1v) is 6.07. The van der Waals surface area contributed by atoms with Crippen LogP contribution in [0.2, 0.25) is 0 Å². The molecule has 0 spiro atoms. The van der Waals surface area contributed by atoms with Crippen LogP contribution in [0.4, 0.5) is 5.69 Å². The minimum Gasteiger partial charge on any atom is -0.392 e. The third-order valence-electron chi connectivity index (χ3n) is 3.03. The van der Waals surface area contributed by atoms with Crippen molar-refractivity contribution in [3.63, 3.8) is 0 Å². The zero-order valence-corrected chi connectivity index (χ0v) is 10.7. The summed E-state index contributed by atoms with van der Waals surface area (Å²) in [6, 6.07) is 2.04. The highest BCUT2D eigenvalue weighted by molar-refractivity contribution is 5.54. The van der Waals surface area contributed by atoms with Gasteiger partial charge in [0.25, 0.3) is 0 Å². The number of aryl methyl sites for hydroxylation is 1. The zero-order chi connectivity index (χ0) is 12.4. The van der Waals surface area contributed by atoms with E-state index in [4.69, 9.17) is 4.74 Å². The Morgan fingerprint density at radius 1 is 1.41 bits per heavy atom. The molecule has 17 heavy (non-hydrogen) atoms. The van der Waals surface area contributed by atoms with Crippen molar-refractivity contribution in [2.45, 2.75) is 39.6 Å². The van der Waals surface area contributed by atoms with Crippen molar-refractivity contribution in [1.82, 2.24) is 4.98 Å². The molecule has 0 saturated carbocycles. The van der Waals surface area contributed by atoms with Gasteiger partial charge in [0.05, 0.1) is 18.8 Å². The van der Waals surface area contributed by atoms with Gasteiger partial charge in [0, 0.05) is 36.2 Å². The van der Waals surface area contributed by atoms with E-state index in [0.29, 0.717) is 0 Å². The van der Waals surface area contributed by atoms with E-state index in [1.165, 1.54) is 0 Å². The second-order valence-corrected chi connectivity index (χ2v) is 4.77. The number of nitrogens with zero attached hydrogens (tertiary/aromatic N) is 2. The lowest BCUT2D eigenvalue weighted by atomic mass is 10.1. The van der Waals surface area contributed by atoms with Gasteiger partial charge in [-0.15, -0.1) is 0 Å². The van der Waals surface area contributed by atoms with Gasteiger partial charge in [-0.25, -0.2) is 0 Å². The summed E-state index contributed by atoms with van der Waals surface area (Å²) in [6.07, 6.45) is 2.20. The molecule has 0 unspecified atom stereocenters. The minimum absolute atomic E-state index is 0.0305. The summed E-state index contributed by atoms with van der Waals surface area (Å²) < 4.78 is 5.72. The Kier molecular flexibility index (Phi) is 3.64. The molecule has 1 saturated heterocycles. The molecule has 94 valence electrons. The summed E-state index contributed by atoms with van der Waals surface area (Å²) in [6.45, 7) is 7.88. The largest absolute Gasteiger partial charge is 0.392 e. The van der Waals surface area contributed by atoms with Crippen molar-refractivity contribution in [3.05, 3.63) is 23.5 Å². The fourth-order valence-corrected chi connectivity index (χ4v) is 2.36. The van der Waals surface area contributed by atoms with Gasteiger partial charge in [0.2, 0.25) is 0 Å². The topological polar surface area (TPSA) is 45.6 Å². The molecule has 1 fully saturated rings. The predicted molar refractivity (Wildman–Crippen MR) is 67.1 cm³/mol. The van der Waals surface area contributed by atoms with Crippen LogP contribution in [0, 0.1) is 6.92 Å². The van der Waals surface area contributed by atoms with Gasteiger partial charge in [-0.1, -0.05) is 0 Å². The Bertz CT molecular complexity index is 385. The molecule has 0 aromatic carbocycles. The highest BCUT2D eigenvalue weighted by Gasteiger charge is 2.23. The molecule has 0 amide bonds. The lowest BCUT2D eigenvalue weighted by molar-refractivity contribution is -0.00532. The molecule has 1 aromatic rings. The molecule has 4 nitrogen and oxygen atoms in total. The maximum atomic E-state index is 9.37. The van der Waals surface area contributed by atoms with Crippen LogP contribution in [0.25, 0.3) is 0 Å². The summed E-state index contributed by atoms with van der Waals surface area (Å²) in [4.78, 5) is 6.50. The SMILES string of the molecule is Cc1cc(N2C[C@@H](C)O[C@@H](C)C2)c(CO)cn1. The molecule has 1 N–H and O–H groups in total. The van der Waals surface area contributed by atoms with Crippen LogP contribution >= 0.6 is 0 Å². The van der Waals surface area contributed by atoms with Gasteiger partial charge < -0.3 is 14.7 Å². The van der Waals surface area contributed by atoms with E-state index in [1.54, 1.807) is 6.20 Å². The Hall–Kier alpha value is -1.13. The van der Waals surface area contributed by atoms with Gasteiger partial charge >= 0.3 is 0 Å². The van der Waals surface area contributed by atoms with Crippen LogP contribution in [0.3, 0.4) is 0 Å². The molecule has 1 aliphatic heterocycles. The molecule has 0 aliphatic carbocycles. The van der Waals surface area contributed by atoms with Gasteiger partial charge in [-0.05, 0) is 26.8 Å². The van der Waals surface area contributed by atoms with Gasteiger partial charge in [-0.3, -0.25) is 4.98 Å². The van der Waals surface area contributed by atoms with Gasteiger partial charge in [0.15, 0.2) is 0 Å². The highest BCUT2D eigenvalue weighted by atomic mass is 16.5. The molecule has 0 bridgehead atoms. The van der Waals surface area contributed by atoms with Gasteiger partial charge in [0.1, 0.15) is 0 Å². The van der Waals surface area contributed by atoms with E-state index in [-0.39, 0.29) is 18.8 Å². The standard InChI is InChI=1S/C13H20N2O2/c1-9-4-13(12(8-16)5-14-9)15-6-10(2)17-11(3)7-15/h4-5,10-11,16H,6-8H2,1-3H3/t10-,11+. The number of aliphatic hydroxyl groups excluding tert-OH is 1. The average Bonchev–Trinajstić information content (AvgIpc) is 2.27. The third-order valence-corrected chi connectivity index (χ3v) is 3.03. The van der Waals surface area contributed by atoms with Crippen molar-refractivity contribution in [2.75, 3.05) is 18.0 Å². The van der Waals surface area contributed by atoms with Crippen LogP contribution in [-0.2, 0) is 11.3 Å². The monoisotopic (exact) mass is 236 g/mol. The fraction of sp³-hybridized carbons (Fsp3) is 0.615. The zero-order valence-electron chi connectivity index (χ0n) is 10.7. The first kappa shape index (κ1) is 12.3. The molecular weight excluding hydrogens is 216 g/mol. The normalized spacial score (nSPS) is 25.1. The first-order valence-electron chi connectivity index (χ1n) is 6.07. The van der Waals surface area contributed by atoms with Crippen LogP contribution in [0.15, 0.2) is 12.3 Å². The van der Waals surface area contributed by atoms with Crippen LogP contribution in [-0.4, -0.2) is 35.4 Å². The molecule has 2 rings (SSSR count). The lowest BCUT2D eigenvalue weighted by Crippen LogP contribution is -2.45. The fourth-order valence-electron chi connectivity index (χ4n) is 2.36. The lowest BCUT2D eigenvalue weighted by Gasteiger charge is -2.37. The Morgan fingerprint density at radius 3 is 2.65 bits per heavy atom. The number of anilines is 1. The molecule has 0 radical (unpaired) electrons. The molecule has 2 heterocycles. The second-order valence-electron chi connectivity index (χ2n) is 4.77. The van der Waals surface area contributed by atoms with Crippen molar-refractivity contribution in [1.29, 1.82) is 0 Å². The number of morpholine rings is 1. The van der Waals surface area contributed by atoms with E-state index in [1.807, 2.05) is 13.0 Å². The third kappa shape index (κ3) is 2.76. The molecule has 2 atom stereocenters. The Balaban J connectivity index is 2.28. The van der Waals surface area contributed by atoms with E-state index < -0.39 is 0 Å². The van der Waals surface area contributed by atoms with Crippen LogP contribution < -0.4 is 4.90 Å². The summed E-state index contributed by atoms with van der Waals surface area (Å²) in [5.41, 5.74) is 2.95. The van der Waals surface area contributed by atoms with Crippen LogP contribution in [0.1, 0.15) is 25.1 Å². The first-order chi connectivity index (χ1) is 8.10. The predicted octanol–water partition coefficient (Wildman–Crippen LogP) is 1.50. The van der Waals surface area contributed by atoms with E-state index in [0.717, 1.165) is 30.0 Å². The number of ether oxygens (including phenoxy) is 1. The quantitative estimate of drug-likeness (QED) is 0.845. The van der Waals surface area contributed by atoms with Gasteiger partial charge in [-0.2, -0.15) is 0 Å². The maximum Gasteiger partial charge on any atom is 0.0726 e. The van der Waals surface area contributed by atoms with Crippen molar-refractivity contribution in [3.8, 4) is 0 Å². The van der Waals surface area contributed by atoms with E-state index in [9.17, 15) is 5.11 Å². The number of rotatable bonds is 2. The second kappa shape index (κ2) is 5.02. The number of aromatic nitrogens is 1. The molecule has 1 aromatic heterocycles. The van der Waals surface area contributed by atoms with E-state index in [2.05, 4.69) is 23.7 Å². The summed E-state index contributed by atoms with van der Waals surface area (Å²) >= 11 is 0. The summed E-state index contributed by atoms with van der Waals surface area (Å²) in [7, 11) is 0. The molecule has 1 aliphatic rings. The highest BCUT2D eigenvalue weighted by Crippen LogP contribution is 2.24. The number of pyridine rings is 1. The molecule has 4 heteroatoms. The Labute approximate surface area is 102 Å². The summed E-state index contributed by atoms with van der Waals surface area (Å²) in [5, 5.41) is 9.37. The average molecular weight is 236 g/mol. The Morgan fingerprint density at radius 2 is 2.06 bits per heavy atom. The minimum atomic E-state index is 0.0305. The summed E-state index contributed by atoms with van der Waals surface area (Å²) in [5.74, 6) is 0. The molecular formula is C13H20N2O2. The smallest absolute Gasteiger partial charge is 0.0726 e. The van der Waals surface area contributed by atoms with Crippen molar-refractivity contribution >= 4 is 5.69 Å². The van der Waals surface area contributed by atoms with Crippen LogP contribution in [0.5, 0.6) is 0 Å². The number of aliphatic hydroxyl groups is 1.